The second-order valence-corrected chi connectivity index (χ2v) is 7.53. The van der Waals surface area contributed by atoms with Gasteiger partial charge >= 0.3 is 6.09 Å². The zero-order chi connectivity index (χ0) is 16.9. The molecule has 0 bridgehead atoms. The summed E-state index contributed by atoms with van der Waals surface area (Å²) in [7, 11) is 0. The molecule has 0 aliphatic carbocycles. The first-order valence-corrected chi connectivity index (χ1v) is 8.10. The molecule has 1 amide bonds. The lowest BCUT2D eigenvalue weighted by molar-refractivity contribution is -0.0991. The summed E-state index contributed by atoms with van der Waals surface area (Å²) in [6.45, 7) is 11.6. The van der Waals surface area contributed by atoms with E-state index in [-0.39, 0.29) is 11.5 Å². The largest absolute Gasteiger partial charge is 0.444 e. The van der Waals surface area contributed by atoms with E-state index >= 15 is 0 Å². The number of ether oxygens (including phenoxy) is 2. The van der Waals surface area contributed by atoms with E-state index in [0.29, 0.717) is 6.54 Å². The van der Waals surface area contributed by atoms with Crippen molar-refractivity contribution in [2.75, 3.05) is 19.8 Å². The predicted molar refractivity (Wildman–Crippen MR) is 90.1 cm³/mol. The zero-order valence-electron chi connectivity index (χ0n) is 14.6. The van der Waals surface area contributed by atoms with Gasteiger partial charge in [-0.2, -0.15) is 0 Å². The lowest BCUT2D eigenvalue weighted by atomic mass is 9.88. The minimum atomic E-state index is -0.481. The molecule has 1 aliphatic heterocycles. The molecule has 2 N–H and O–H groups in total. The molecule has 1 aliphatic rings. The van der Waals surface area contributed by atoms with Gasteiger partial charge in [0.25, 0.3) is 0 Å². The highest BCUT2D eigenvalue weighted by Crippen LogP contribution is 2.25. The van der Waals surface area contributed by atoms with Crippen molar-refractivity contribution in [2.24, 2.45) is 5.41 Å². The predicted octanol–water partition coefficient (Wildman–Crippen LogP) is 2.84. The van der Waals surface area contributed by atoms with Crippen LogP contribution in [-0.4, -0.2) is 31.5 Å². The smallest absolute Gasteiger partial charge is 0.407 e. The van der Waals surface area contributed by atoms with Crippen LogP contribution in [0.4, 0.5) is 4.79 Å². The standard InChI is InChI=1S/C18H28N2O3/c1-17(2,3)23-16(21)20-10-15-8-6-5-7-14(15)9-19-11-18(4)12-22-13-18/h5-8,19H,9-13H2,1-4H3,(H,20,21). The molecular weight excluding hydrogens is 292 g/mol. The van der Waals surface area contributed by atoms with Crippen molar-refractivity contribution in [3.63, 3.8) is 0 Å². The highest BCUT2D eigenvalue weighted by Gasteiger charge is 2.32. The third kappa shape index (κ3) is 5.84. The summed E-state index contributed by atoms with van der Waals surface area (Å²) in [5.74, 6) is 0. The Kier molecular flexibility index (Phi) is 5.65. The van der Waals surface area contributed by atoms with Gasteiger partial charge in [-0.1, -0.05) is 31.2 Å². The second-order valence-electron chi connectivity index (χ2n) is 7.53. The van der Waals surface area contributed by atoms with Crippen molar-refractivity contribution in [2.45, 2.75) is 46.4 Å². The average molecular weight is 320 g/mol. The van der Waals surface area contributed by atoms with Crippen molar-refractivity contribution >= 4 is 6.09 Å². The van der Waals surface area contributed by atoms with Crippen LogP contribution in [0.15, 0.2) is 24.3 Å². The van der Waals surface area contributed by atoms with Crippen molar-refractivity contribution < 1.29 is 14.3 Å². The zero-order valence-corrected chi connectivity index (χ0v) is 14.6. The quantitative estimate of drug-likeness (QED) is 0.846. The van der Waals surface area contributed by atoms with Crippen molar-refractivity contribution in [1.29, 1.82) is 0 Å². The summed E-state index contributed by atoms with van der Waals surface area (Å²) >= 11 is 0. The first-order chi connectivity index (χ1) is 10.8. The molecule has 0 saturated carbocycles. The number of nitrogens with one attached hydrogen (secondary N) is 2. The van der Waals surface area contributed by atoms with E-state index in [1.807, 2.05) is 39.0 Å². The van der Waals surface area contributed by atoms with E-state index in [1.165, 1.54) is 5.56 Å². The van der Waals surface area contributed by atoms with Crippen LogP contribution in [0.2, 0.25) is 0 Å². The maximum absolute atomic E-state index is 11.8. The second kappa shape index (κ2) is 7.32. The van der Waals surface area contributed by atoms with Crippen LogP contribution in [0.25, 0.3) is 0 Å². The Balaban J connectivity index is 1.83. The molecule has 5 heteroatoms. The van der Waals surface area contributed by atoms with E-state index in [2.05, 4.69) is 23.6 Å². The molecule has 1 saturated heterocycles. The molecule has 0 atom stereocenters. The number of rotatable bonds is 6. The number of alkyl carbamates (subject to hydrolysis) is 1. The lowest BCUT2D eigenvalue weighted by Crippen LogP contribution is -2.47. The molecule has 0 aromatic heterocycles. The Hall–Kier alpha value is -1.59. The monoisotopic (exact) mass is 320 g/mol. The maximum atomic E-state index is 11.8. The fraction of sp³-hybridized carbons (Fsp3) is 0.611. The number of hydrogen-bond acceptors (Lipinski definition) is 4. The Morgan fingerprint density at radius 3 is 2.35 bits per heavy atom. The molecule has 128 valence electrons. The molecule has 2 rings (SSSR count). The summed E-state index contributed by atoms with van der Waals surface area (Å²) < 4.78 is 10.5. The molecule has 1 heterocycles. The fourth-order valence-corrected chi connectivity index (χ4v) is 2.44. The molecule has 5 nitrogen and oxygen atoms in total. The van der Waals surface area contributed by atoms with Crippen LogP contribution in [-0.2, 0) is 22.6 Å². The van der Waals surface area contributed by atoms with Crippen LogP contribution in [0.5, 0.6) is 0 Å². The Morgan fingerprint density at radius 1 is 1.22 bits per heavy atom. The Morgan fingerprint density at radius 2 is 1.83 bits per heavy atom. The van der Waals surface area contributed by atoms with Crippen LogP contribution < -0.4 is 10.6 Å². The summed E-state index contributed by atoms with van der Waals surface area (Å²) in [5.41, 5.74) is 2.06. The van der Waals surface area contributed by atoms with E-state index in [9.17, 15) is 4.79 Å². The fourth-order valence-electron chi connectivity index (χ4n) is 2.44. The molecule has 1 aromatic carbocycles. The first-order valence-electron chi connectivity index (χ1n) is 8.10. The summed E-state index contributed by atoms with van der Waals surface area (Å²) in [4.78, 5) is 11.8. The first kappa shape index (κ1) is 17.8. The Labute approximate surface area is 138 Å². The van der Waals surface area contributed by atoms with Gasteiger partial charge in [0.2, 0.25) is 0 Å². The minimum Gasteiger partial charge on any atom is -0.444 e. The van der Waals surface area contributed by atoms with E-state index in [0.717, 1.165) is 31.9 Å². The van der Waals surface area contributed by atoms with Gasteiger partial charge < -0.3 is 20.1 Å². The Bertz CT molecular complexity index is 533. The highest BCUT2D eigenvalue weighted by molar-refractivity contribution is 5.67. The summed E-state index contributed by atoms with van der Waals surface area (Å²) in [5, 5.41) is 6.30. The third-order valence-electron chi connectivity index (χ3n) is 3.71. The highest BCUT2D eigenvalue weighted by atomic mass is 16.6. The summed E-state index contributed by atoms with van der Waals surface area (Å²) in [6, 6.07) is 8.11. The molecule has 23 heavy (non-hydrogen) atoms. The number of hydrogen-bond donors (Lipinski definition) is 2. The number of benzene rings is 1. The SMILES string of the molecule is CC1(CNCc2ccccc2CNC(=O)OC(C)(C)C)COC1. The van der Waals surface area contributed by atoms with Crippen LogP contribution in [0.3, 0.4) is 0 Å². The van der Waals surface area contributed by atoms with Gasteiger partial charge in [-0.15, -0.1) is 0 Å². The van der Waals surface area contributed by atoms with Gasteiger partial charge in [0, 0.05) is 25.0 Å². The molecule has 1 fully saturated rings. The van der Waals surface area contributed by atoms with Gasteiger partial charge in [0.15, 0.2) is 0 Å². The van der Waals surface area contributed by atoms with Crippen LogP contribution in [0.1, 0.15) is 38.8 Å². The molecule has 0 spiro atoms. The van der Waals surface area contributed by atoms with Gasteiger partial charge in [-0.25, -0.2) is 4.79 Å². The number of carbonyl (C=O) groups is 1. The number of carbonyl (C=O) groups excluding carboxylic acids is 1. The van der Waals surface area contributed by atoms with Gasteiger partial charge in [-0.05, 0) is 31.9 Å². The van der Waals surface area contributed by atoms with E-state index in [4.69, 9.17) is 9.47 Å². The molecular formula is C18H28N2O3. The van der Waals surface area contributed by atoms with Crippen LogP contribution in [0, 0.1) is 5.41 Å². The number of amides is 1. The van der Waals surface area contributed by atoms with Gasteiger partial charge in [0.05, 0.1) is 13.2 Å². The minimum absolute atomic E-state index is 0.254. The average Bonchev–Trinajstić information content (AvgIpc) is 2.42. The lowest BCUT2D eigenvalue weighted by Gasteiger charge is -2.38. The van der Waals surface area contributed by atoms with Crippen molar-refractivity contribution in [1.82, 2.24) is 10.6 Å². The van der Waals surface area contributed by atoms with Gasteiger partial charge in [-0.3, -0.25) is 0 Å². The molecule has 0 radical (unpaired) electrons. The normalized spacial score (nSPS) is 16.5. The molecule has 0 unspecified atom stereocenters. The van der Waals surface area contributed by atoms with Gasteiger partial charge in [0.1, 0.15) is 5.60 Å². The van der Waals surface area contributed by atoms with E-state index in [1.54, 1.807) is 0 Å². The third-order valence-corrected chi connectivity index (χ3v) is 3.71. The van der Waals surface area contributed by atoms with Crippen molar-refractivity contribution in [3.8, 4) is 0 Å². The summed E-state index contributed by atoms with van der Waals surface area (Å²) in [6.07, 6.45) is -0.389. The van der Waals surface area contributed by atoms with E-state index < -0.39 is 5.60 Å². The maximum Gasteiger partial charge on any atom is 0.407 e. The van der Waals surface area contributed by atoms with Crippen LogP contribution >= 0.6 is 0 Å². The molecule has 1 aromatic rings. The topological polar surface area (TPSA) is 59.6 Å². The van der Waals surface area contributed by atoms with Crippen molar-refractivity contribution in [3.05, 3.63) is 35.4 Å².